The molecule has 140 valence electrons. The number of benzene rings is 1. The van der Waals surface area contributed by atoms with Crippen molar-refractivity contribution in [3.63, 3.8) is 0 Å². The first-order valence-corrected chi connectivity index (χ1v) is 8.22. The van der Waals surface area contributed by atoms with Gasteiger partial charge in [-0.1, -0.05) is 12.1 Å². The monoisotopic (exact) mass is 367 g/mol. The molecule has 1 aliphatic rings. The Labute approximate surface area is 149 Å². The fourth-order valence-electron chi connectivity index (χ4n) is 3.25. The molecule has 0 atom stereocenters. The van der Waals surface area contributed by atoms with E-state index in [4.69, 9.17) is 9.47 Å². The second kappa shape index (κ2) is 7.01. The highest BCUT2D eigenvalue weighted by Gasteiger charge is 2.38. The van der Waals surface area contributed by atoms with Gasteiger partial charge in [0.2, 0.25) is 5.88 Å². The van der Waals surface area contributed by atoms with E-state index in [2.05, 4.69) is 14.9 Å². The molecule has 0 saturated carbocycles. The number of halogens is 3. The summed E-state index contributed by atoms with van der Waals surface area (Å²) in [5.41, 5.74) is 1.89. The Bertz CT molecular complexity index is 809. The molecule has 1 aliphatic heterocycles. The fourth-order valence-corrected chi connectivity index (χ4v) is 3.25. The van der Waals surface area contributed by atoms with E-state index in [0.29, 0.717) is 0 Å². The van der Waals surface area contributed by atoms with Crippen molar-refractivity contribution in [2.24, 2.45) is 0 Å². The van der Waals surface area contributed by atoms with Gasteiger partial charge in [0.05, 0.1) is 14.2 Å². The van der Waals surface area contributed by atoms with Gasteiger partial charge in [0.15, 0.2) is 5.69 Å². The Balaban J connectivity index is 2.04. The summed E-state index contributed by atoms with van der Waals surface area (Å²) in [4.78, 5) is 9.59. The van der Waals surface area contributed by atoms with Crippen molar-refractivity contribution in [1.82, 2.24) is 9.97 Å². The summed E-state index contributed by atoms with van der Waals surface area (Å²) >= 11 is 0. The molecule has 26 heavy (non-hydrogen) atoms. The molecule has 1 aromatic heterocycles. The van der Waals surface area contributed by atoms with Crippen molar-refractivity contribution < 1.29 is 22.6 Å². The van der Waals surface area contributed by atoms with Gasteiger partial charge >= 0.3 is 12.2 Å². The lowest BCUT2D eigenvalue weighted by Gasteiger charge is -2.28. The number of anilines is 1. The Hall–Kier alpha value is -2.51. The van der Waals surface area contributed by atoms with Crippen LogP contribution < -0.4 is 14.4 Å². The summed E-state index contributed by atoms with van der Waals surface area (Å²) in [5.74, 6) is -0.126. The molecule has 0 amide bonds. The molecule has 5 nitrogen and oxygen atoms in total. The van der Waals surface area contributed by atoms with Crippen LogP contribution in [0.2, 0.25) is 0 Å². The predicted octanol–water partition coefficient (Wildman–Crippen LogP) is 3.49. The van der Waals surface area contributed by atoms with E-state index in [1.54, 1.807) is 0 Å². The van der Waals surface area contributed by atoms with Crippen LogP contribution in [0.3, 0.4) is 0 Å². The third kappa shape index (κ3) is 3.54. The molecule has 0 spiro atoms. The Morgan fingerprint density at radius 1 is 1.15 bits per heavy atom. The zero-order valence-corrected chi connectivity index (χ0v) is 14.9. The van der Waals surface area contributed by atoms with Crippen LogP contribution in [0.25, 0.3) is 0 Å². The maximum atomic E-state index is 13.5. The van der Waals surface area contributed by atoms with Crippen molar-refractivity contribution in [3.05, 3.63) is 40.6 Å². The summed E-state index contributed by atoms with van der Waals surface area (Å²) in [6.07, 6.45) is -2.67. The minimum absolute atomic E-state index is 0.0268. The molecule has 0 aliphatic carbocycles. The van der Waals surface area contributed by atoms with E-state index in [1.807, 2.05) is 25.2 Å². The van der Waals surface area contributed by atoms with E-state index in [9.17, 15) is 13.2 Å². The van der Waals surface area contributed by atoms with Crippen molar-refractivity contribution in [1.29, 1.82) is 0 Å². The molecule has 0 N–H and O–H groups in total. The van der Waals surface area contributed by atoms with Gasteiger partial charge in [-0.05, 0) is 30.0 Å². The molecule has 3 rings (SSSR count). The smallest absolute Gasteiger partial charge is 0.434 e. The van der Waals surface area contributed by atoms with Crippen LogP contribution in [0.4, 0.5) is 18.9 Å². The maximum absolute atomic E-state index is 13.5. The van der Waals surface area contributed by atoms with Gasteiger partial charge in [0, 0.05) is 31.3 Å². The second-order valence-corrected chi connectivity index (χ2v) is 6.21. The molecule has 0 unspecified atom stereocenters. The zero-order chi connectivity index (χ0) is 18.9. The normalized spacial score (nSPS) is 14.2. The third-order valence-corrected chi connectivity index (χ3v) is 4.47. The standard InChI is InChI=1S/C18H20F3N3O2/c1-24-8-4-5-12-9-11(6-7-14(12)24)10-13-15(18(19,20)21)22-17(26-3)23-16(13)25-2/h6-7,9H,4-5,8,10H2,1-3H3. The van der Waals surface area contributed by atoms with Crippen LogP contribution in [-0.2, 0) is 19.0 Å². The first-order valence-electron chi connectivity index (χ1n) is 8.22. The number of fused-ring (bicyclic) bond motifs is 1. The molecule has 0 fully saturated rings. The van der Waals surface area contributed by atoms with Crippen molar-refractivity contribution in [2.45, 2.75) is 25.4 Å². The van der Waals surface area contributed by atoms with Crippen LogP contribution in [0.1, 0.15) is 28.8 Å². The lowest BCUT2D eigenvalue weighted by Crippen LogP contribution is -2.24. The number of rotatable bonds is 4. The molecule has 8 heteroatoms. The van der Waals surface area contributed by atoms with Gasteiger partial charge in [-0.15, -0.1) is 0 Å². The van der Waals surface area contributed by atoms with Gasteiger partial charge in [-0.25, -0.2) is 0 Å². The minimum atomic E-state index is -4.63. The average molecular weight is 367 g/mol. The van der Waals surface area contributed by atoms with E-state index < -0.39 is 11.9 Å². The number of methoxy groups -OCH3 is 2. The lowest BCUT2D eigenvalue weighted by molar-refractivity contribution is -0.142. The SMILES string of the molecule is COc1nc(OC)c(Cc2ccc3c(c2)CCCN3C)c(C(F)(F)F)n1. The number of nitrogens with zero attached hydrogens (tertiary/aromatic N) is 3. The Morgan fingerprint density at radius 3 is 2.58 bits per heavy atom. The van der Waals surface area contributed by atoms with E-state index in [0.717, 1.165) is 36.2 Å². The molecular weight excluding hydrogens is 347 g/mol. The fraction of sp³-hybridized carbons (Fsp3) is 0.444. The van der Waals surface area contributed by atoms with Crippen LogP contribution in [-0.4, -0.2) is 37.8 Å². The Kier molecular flexibility index (Phi) is 4.93. The molecule has 2 heterocycles. The summed E-state index contributed by atoms with van der Waals surface area (Å²) < 4.78 is 50.4. The highest BCUT2D eigenvalue weighted by Crippen LogP contribution is 2.37. The zero-order valence-electron chi connectivity index (χ0n) is 14.9. The third-order valence-electron chi connectivity index (χ3n) is 4.47. The molecule has 2 aromatic rings. The molecule has 0 radical (unpaired) electrons. The average Bonchev–Trinajstić information content (AvgIpc) is 2.61. The van der Waals surface area contributed by atoms with Crippen LogP contribution in [0.5, 0.6) is 11.9 Å². The number of aryl methyl sites for hydroxylation is 1. The highest BCUT2D eigenvalue weighted by molar-refractivity contribution is 5.57. The van der Waals surface area contributed by atoms with Gasteiger partial charge in [0.25, 0.3) is 0 Å². The van der Waals surface area contributed by atoms with Crippen LogP contribution in [0, 0.1) is 0 Å². The van der Waals surface area contributed by atoms with Crippen molar-refractivity contribution >= 4 is 5.69 Å². The first-order chi connectivity index (χ1) is 12.3. The molecule has 0 bridgehead atoms. The summed E-state index contributed by atoms with van der Waals surface area (Å²) in [5, 5.41) is 0. The van der Waals surface area contributed by atoms with Crippen LogP contribution >= 0.6 is 0 Å². The van der Waals surface area contributed by atoms with E-state index in [-0.39, 0.29) is 23.9 Å². The minimum Gasteiger partial charge on any atom is -0.481 e. The number of alkyl halides is 3. The molecular formula is C18H20F3N3O2. The summed E-state index contributed by atoms with van der Waals surface area (Å²) in [7, 11) is 4.52. The maximum Gasteiger partial charge on any atom is 0.434 e. The Morgan fingerprint density at radius 2 is 1.92 bits per heavy atom. The van der Waals surface area contributed by atoms with Crippen LogP contribution in [0.15, 0.2) is 18.2 Å². The van der Waals surface area contributed by atoms with Crippen molar-refractivity contribution in [3.8, 4) is 11.9 Å². The number of hydrogen-bond donors (Lipinski definition) is 0. The van der Waals surface area contributed by atoms with E-state index in [1.165, 1.54) is 14.2 Å². The van der Waals surface area contributed by atoms with Gasteiger partial charge in [0.1, 0.15) is 0 Å². The van der Waals surface area contributed by atoms with Gasteiger partial charge < -0.3 is 14.4 Å². The lowest BCUT2D eigenvalue weighted by atomic mass is 9.96. The summed E-state index contributed by atoms with van der Waals surface area (Å²) in [6, 6.07) is 5.37. The van der Waals surface area contributed by atoms with Gasteiger partial charge in [-0.2, -0.15) is 23.1 Å². The quantitative estimate of drug-likeness (QED) is 0.828. The van der Waals surface area contributed by atoms with Gasteiger partial charge in [-0.3, -0.25) is 0 Å². The number of aromatic nitrogens is 2. The largest absolute Gasteiger partial charge is 0.481 e. The van der Waals surface area contributed by atoms with Crippen molar-refractivity contribution in [2.75, 3.05) is 32.7 Å². The highest BCUT2D eigenvalue weighted by atomic mass is 19.4. The topological polar surface area (TPSA) is 47.5 Å². The summed E-state index contributed by atoms with van der Waals surface area (Å²) in [6.45, 7) is 0.977. The second-order valence-electron chi connectivity index (χ2n) is 6.21. The number of hydrogen-bond acceptors (Lipinski definition) is 5. The molecule has 0 saturated heterocycles. The molecule has 1 aromatic carbocycles. The predicted molar refractivity (Wildman–Crippen MR) is 91.0 cm³/mol. The number of ether oxygens (including phenoxy) is 2. The van der Waals surface area contributed by atoms with E-state index >= 15 is 0 Å². The first kappa shape index (κ1) is 18.3.